The molecule has 4 rings (SSSR count). The summed E-state index contributed by atoms with van der Waals surface area (Å²) in [6.07, 6.45) is 3.85. The second-order valence-electron chi connectivity index (χ2n) is 6.45. The molecular formula is C22H18N2O6. The first-order valence-electron chi connectivity index (χ1n) is 9.09. The molecule has 1 aromatic heterocycles. The van der Waals surface area contributed by atoms with E-state index in [4.69, 9.17) is 13.9 Å². The fourth-order valence-electron chi connectivity index (χ4n) is 3.48. The third-order valence-corrected chi connectivity index (χ3v) is 4.80. The summed E-state index contributed by atoms with van der Waals surface area (Å²) in [5, 5.41) is 0. The molecule has 0 spiro atoms. The molecule has 0 saturated carbocycles. The van der Waals surface area contributed by atoms with Crippen LogP contribution in [0.4, 0.5) is 5.69 Å². The molecule has 0 amide bonds. The van der Waals surface area contributed by atoms with Crippen molar-refractivity contribution in [3.63, 3.8) is 0 Å². The molecule has 152 valence electrons. The monoisotopic (exact) mass is 406 g/mol. The zero-order chi connectivity index (χ0) is 21.3. The second kappa shape index (κ2) is 7.75. The van der Waals surface area contributed by atoms with Gasteiger partial charge in [0, 0.05) is 0 Å². The van der Waals surface area contributed by atoms with E-state index in [9.17, 15) is 14.4 Å². The molecule has 1 atom stereocenters. The Labute approximate surface area is 171 Å². The molecule has 2 aromatic carbocycles. The van der Waals surface area contributed by atoms with Crippen molar-refractivity contribution in [3.8, 4) is 0 Å². The van der Waals surface area contributed by atoms with E-state index in [0.29, 0.717) is 16.8 Å². The predicted molar refractivity (Wildman–Crippen MR) is 110 cm³/mol. The maximum Gasteiger partial charge on any atom is 0.421 e. The summed E-state index contributed by atoms with van der Waals surface area (Å²) in [5.74, 6) is -2.08. The van der Waals surface area contributed by atoms with Crippen molar-refractivity contribution in [3.05, 3.63) is 82.5 Å². The first-order valence-corrected chi connectivity index (χ1v) is 9.09. The number of carbonyl (C=O) groups excluding carboxylic acids is 2. The SMILES string of the molecule is COC(=O)/C=C(/C(=O)OC)N1c2ccccc2C=CC1n1c(=O)oc2ccccc21. The van der Waals surface area contributed by atoms with Crippen LogP contribution in [0.2, 0.25) is 0 Å². The van der Waals surface area contributed by atoms with Crippen molar-refractivity contribution in [2.24, 2.45) is 0 Å². The van der Waals surface area contributed by atoms with Gasteiger partial charge in [0.1, 0.15) is 11.9 Å². The molecule has 0 bridgehead atoms. The van der Waals surface area contributed by atoms with Crippen LogP contribution in [-0.2, 0) is 19.1 Å². The van der Waals surface area contributed by atoms with Gasteiger partial charge in [0.15, 0.2) is 5.58 Å². The van der Waals surface area contributed by atoms with Crippen LogP contribution in [0.15, 0.2) is 75.6 Å². The zero-order valence-corrected chi connectivity index (χ0v) is 16.3. The molecule has 30 heavy (non-hydrogen) atoms. The topological polar surface area (TPSA) is 91.0 Å². The molecule has 0 saturated heterocycles. The van der Waals surface area contributed by atoms with Gasteiger partial charge in [-0.1, -0.05) is 36.4 Å². The number of carbonyl (C=O) groups is 2. The lowest BCUT2D eigenvalue weighted by Gasteiger charge is -2.36. The van der Waals surface area contributed by atoms with Crippen molar-refractivity contribution >= 4 is 34.8 Å². The number of para-hydroxylation sites is 3. The number of ether oxygens (including phenoxy) is 2. The molecule has 0 aliphatic carbocycles. The minimum Gasteiger partial charge on any atom is -0.466 e. The first kappa shape index (κ1) is 19.3. The van der Waals surface area contributed by atoms with E-state index in [1.807, 2.05) is 18.2 Å². The number of nitrogens with zero attached hydrogens (tertiary/aromatic N) is 2. The largest absolute Gasteiger partial charge is 0.466 e. The van der Waals surface area contributed by atoms with Gasteiger partial charge in [0.05, 0.1) is 31.5 Å². The molecule has 3 aromatic rings. The minimum atomic E-state index is -0.786. The highest BCUT2D eigenvalue weighted by Crippen LogP contribution is 2.37. The average Bonchev–Trinajstić information content (AvgIpc) is 3.11. The smallest absolute Gasteiger partial charge is 0.421 e. The maximum absolute atomic E-state index is 12.7. The van der Waals surface area contributed by atoms with Crippen LogP contribution in [0, 0.1) is 0 Å². The number of anilines is 1. The number of fused-ring (bicyclic) bond motifs is 2. The van der Waals surface area contributed by atoms with E-state index in [1.54, 1.807) is 47.4 Å². The Kier molecular flexibility index (Phi) is 4.97. The number of oxazole rings is 1. The number of benzene rings is 2. The molecule has 1 aliphatic rings. The Hall–Kier alpha value is -4.07. The van der Waals surface area contributed by atoms with E-state index in [-0.39, 0.29) is 5.70 Å². The first-order chi connectivity index (χ1) is 14.5. The molecule has 0 N–H and O–H groups in total. The number of aromatic nitrogens is 1. The molecule has 1 unspecified atom stereocenters. The van der Waals surface area contributed by atoms with Gasteiger partial charge < -0.3 is 18.8 Å². The number of hydrogen-bond acceptors (Lipinski definition) is 7. The van der Waals surface area contributed by atoms with Crippen LogP contribution in [0.3, 0.4) is 0 Å². The molecule has 8 heteroatoms. The summed E-state index contributed by atoms with van der Waals surface area (Å²) in [7, 11) is 2.43. The standard InChI is InChI=1S/C22H18N2O6/c1-28-20(25)13-17(21(26)29-2)23-15-8-4-3-7-14(15)11-12-19(23)24-16-9-5-6-10-18(16)30-22(24)27/h3-13,19H,1-2H3/b17-13-. The summed E-state index contributed by atoms with van der Waals surface area (Å²) in [6.45, 7) is 0. The van der Waals surface area contributed by atoms with Crippen molar-refractivity contribution < 1.29 is 23.5 Å². The summed E-state index contributed by atoms with van der Waals surface area (Å²) >= 11 is 0. The van der Waals surface area contributed by atoms with Crippen LogP contribution in [0.25, 0.3) is 17.2 Å². The van der Waals surface area contributed by atoms with Gasteiger partial charge in [-0.05, 0) is 29.8 Å². The van der Waals surface area contributed by atoms with E-state index in [0.717, 1.165) is 11.6 Å². The normalized spacial score (nSPS) is 15.7. The van der Waals surface area contributed by atoms with Gasteiger partial charge in [-0.25, -0.2) is 19.0 Å². The molecule has 8 nitrogen and oxygen atoms in total. The fourth-order valence-corrected chi connectivity index (χ4v) is 3.48. The van der Waals surface area contributed by atoms with Crippen molar-refractivity contribution in [2.75, 3.05) is 19.1 Å². The van der Waals surface area contributed by atoms with Gasteiger partial charge in [-0.3, -0.25) is 0 Å². The fraction of sp³-hybridized carbons (Fsp3) is 0.136. The molecular weight excluding hydrogens is 388 g/mol. The van der Waals surface area contributed by atoms with E-state index >= 15 is 0 Å². The van der Waals surface area contributed by atoms with Crippen LogP contribution in [0.1, 0.15) is 11.7 Å². The van der Waals surface area contributed by atoms with Crippen LogP contribution >= 0.6 is 0 Å². The summed E-state index contributed by atoms with van der Waals surface area (Å²) in [6, 6.07) is 14.3. The zero-order valence-electron chi connectivity index (χ0n) is 16.3. The lowest BCUT2D eigenvalue weighted by atomic mass is 10.0. The summed E-state index contributed by atoms with van der Waals surface area (Å²) < 4.78 is 16.4. The predicted octanol–water partition coefficient (Wildman–Crippen LogP) is 2.86. The Morgan fingerprint density at radius 3 is 2.53 bits per heavy atom. The van der Waals surface area contributed by atoms with Crippen LogP contribution < -0.4 is 10.7 Å². The maximum atomic E-state index is 12.7. The molecule has 1 aliphatic heterocycles. The van der Waals surface area contributed by atoms with Crippen LogP contribution in [0.5, 0.6) is 0 Å². The Morgan fingerprint density at radius 2 is 1.77 bits per heavy atom. The van der Waals surface area contributed by atoms with Gasteiger partial charge >= 0.3 is 17.7 Å². The van der Waals surface area contributed by atoms with E-state index in [2.05, 4.69) is 0 Å². The highest BCUT2D eigenvalue weighted by atomic mass is 16.5. The van der Waals surface area contributed by atoms with Crippen molar-refractivity contribution in [1.29, 1.82) is 0 Å². The number of hydrogen-bond donors (Lipinski definition) is 0. The lowest BCUT2D eigenvalue weighted by Crippen LogP contribution is -2.39. The third kappa shape index (κ3) is 3.18. The van der Waals surface area contributed by atoms with Crippen LogP contribution in [-0.4, -0.2) is 30.7 Å². The minimum absolute atomic E-state index is 0.0802. The van der Waals surface area contributed by atoms with E-state index < -0.39 is 23.9 Å². The van der Waals surface area contributed by atoms with Gasteiger partial charge in [-0.2, -0.15) is 0 Å². The van der Waals surface area contributed by atoms with Gasteiger partial charge in [-0.15, -0.1) is 0 Å². The van der Waals surface area contributed by atoms with E-state index in [1.165, 1.54) is 18.8 Å². The molecule has 0 fully saturated rings. The second-order valence-corrected chi connectivity index (χ2v) is 6.45. The number of methoxy groups -OCH3 is 2. The number of esters is 2. The van der Waals surface area contributed by atoms with Gasteiger partial charge in [0.25, 0.3) is 0 Å². The summed E-state index contributed by atoms with van der Waals surface area (Å²) in [5.41, 5.74) is 2.29. The number of rotatable bonds is 4. The highest BCUT2D eigenvalue weighted by Gasteiger charge is 2.33. The third-order valence-electron chi connectivity index (χ3n) is 4.80. The lowest BCUT2D eigenvalue weighted by molar-refractivity contribution is -0.138. The highest BCUT2D eigenvalue weighted by molar-refractivity contribution is 6.00. The average molecular weight is 406 g/mol. The Bertz CT molecular complexity index is 1250. The van der Waals surface area contributed by atoms with Gasteiger partial charge in [0.2, 0.25) is 0 Å². The Balaban J connectivity index is 1.99. The molecule has 0 radical (unpaired) electrons. The quantitative estimate of drug-likeness (QED) is 0.486. The summed E-state index contributed by atoms with van der Waals surface area (Å²) in [4.78, 5) is 39.0. The van der Waals surface area contributed by atoms with Crippen molar-refractivity contribution in [2.45, 2.75) is 6.17 Å². The Morgan fingerprint density at radius 1 is 1.03 bits per heavy atom. The van der Waals surface area contributed by atoms with Crippen molar-refractivity contribution in [1.82, 2.24) is 4.57 Å². The molecule has 2 heterocycles.